The van der Waals surface area contributed by atoms with E-state index >= 15 is 0 Å². The van der Waals surface area contributed by atoms with E-state index in [1.165, 1.54) is 5.56 Å². The molecule has 2 aliphatic rings. The summed E-state index contributed by atoms with van der Waals surface area (Å²) in [7, 11) is 0. The number of nitrogens with zero attached hydrogens (tertiary/aromatic N) is 4. The summed E-state index contributed by atoms with van der Waals surface area (Å²) in [5, 5.41) is 10.7. The lowest BCUT2D eigenvalue weighted by molar-refractivity contribution is -0.0312. The van der Waals surface area contributed by atoms with Crippen LogP contribution >= 0.6 is 0 Å². The maximum atomic E-state index is 10.7. The first-order valence-electron chi connectivity index (χ1n) is 10.2. The lowest BCUT2D eigenvalue weighted by Crippen LogP contribution is -2.58. The summed E-state index contributed by atoms with van der Waals surface area (Å²) in [6.45, 7) is 8.02. The Morgan fingerprint density at radius 2 is 1.85 bits per heavy atom. The number of H-pyrrole nitrogens is 1. The van der Waals surface area contributed by atoms with Gasteiger partial charge in [0.05, 0.1) is 12.6 Å². The third kappa shape index (κ3) is 4.96. The highest BCUT2D eigenvalue weighted by Gasteiger charge is 2.33. The number of β-amino-alcohol motifs (C(OH)–C–C–N with tert-alkyl or cyclic N) is 1. The fourth-order valence-corrected chi connectivity index (χ4v) is 4.40. The normalized spacial score (nSPS) is 25.7. The van der Waals surface area contributed by atoms with E-state index in [9.17, 15) is 5.11 Å². The second-order valence-corrected chi connectivity index (χ2v) is 7.81. The summed E-state index contributed by atoms with van der Waals surface area (Å²) in [5.74, 6) is 0.979. The van der Waals surface area contributed by atoms with Crippen LogP contribution in [0.15, 0.2) is 42.7 Å². The molecule has 1 aromatic carbocycles. The van der Waals surface area contributed by atoms with Crippen LogP contribution in [0.3, 0.4) is 0 Å². The van der Waals surface area contributed by atoms with Crippen LogP contribution in [0.25, 0.3) is 0 Å². The Morgan fingerprint density at radius 1 is 1.04 bits per heavy atom. The third-order valence-electron chi connectivity index (χ3n) is 5.99. The molecule has 2 saturated heterocycles. The molecule has 2 fully saturated rings. The smallest absolute Gasteiger partial charge is 0.120 e. The van der Waals surface area contributed by atoms with Crippen LogP contribution in [0, 0.1) is 0 Å². The molecular weight excluding hydrogens is 338 g/mol. The molecule has 0 saturated carbocycles. The van der Waals surface area contributed by atoms with Crippen LogP contribution in [-0.2, 0) is 13.0 Å². The van der Waals surface area contributed by atoms with Gasteiger partial charge in [-0.25, -0.2) is 4.98 Å². The van der Waals surface area contributed by atoms with E-state index in [1.807, 2.05) is 6.20 Å². The van der Waals surface area contributed by atoms with E-state index in [-0.39, 0.29) is 6.10 Å². The van der Waals surface area contributed by atoms with Crippen molar-refractivity contribution in [3.8, 4) is 0 Å². The zero-order valence-corrected chi connectivity index (χ0v) is 16.0. The molecule has 2 N–H and O–H groups in total. The number of piperazine rings is 1. The standard InChI is InChI=1S/C21H31N5O/c27-20-16-25(17-21-22-8-9-23-21)11-7-19(20)26-14-12-24(13-15-26)10-6-18-4-2-1-3-5-18/h1-5,8-9,19-20,27H,6-7,10-17H2,(H,22,23)/t19-,20-/m1/s1. The number of aliphatic hydroxyl groups is 1. The molecule has 2 atom stereocenters. The summed E-state index contributed by atoms with van der Waals surface area (Å²) in [6.07, 6.45) is 5.52. The van der Waals surface area contributed by atoms with Crippen molar-refractivity contribution in [1.82, 2.24) is 24.7 Å². The average molecular weight is 370 g/mol. The van der Waals surface area contributed by atoms with Crippen molar-refractivity contribution >= 4 is 0 Å². The van der Waals surface area contributed by atoms with E-state index in [0.717, 1.165) is 71.0 Å². The molecule has 27 heavy (non-hydrogen) atoms. The maximum absolute atomic E-state index is 10.7. The van der Waals surface area contributed by atoms with Crippen molar-refractivity contribution < 1.29 is 5.11 Å². The van der Waals surface area contributed by atoms with Gasteiger partial charge in [-0.1, -0.05) is 30.3 Å². The Kier molecular flexibility index (Phi) is 6.19. The van der Waals surface area contributed by atoms with Gasteiger partial charge in [-0.15, -0.1) is 0 Å². The number of aromatic nitrogens is 2. The summed E-state index contributed by atoms with van der Waals surface area (Å²) in [6, 6.07) is 11.0. The summed E-state index contributed by atoms with van der Waals surface area (Å²) in [4.78, 5) is 14.8. The first-order valence-corrected chi connectivity index (χ1v) is 10.2. The van der Waals surface area contributed by atoms with Crippen LogP contribution in [0.5, 0.6) is 0 Å². The molecule has 146 valence electrons. The first kappa shape index (κ1) is 18.6. The number of rotatable bonds is 6. The van der Waals surface area contributed by atoms with Crippen LogP contribution in [0.2, 0.25) is 0 Å². The lowest BCUT2D eigenvalue weighted by atomic mass is 9.99. The van der Waals surface area contributed by atoms with Gasteiger partial charge in [0.1, 0.15) is 5.82 Å². The molecular formula is C21H31N5O. The Morgan fingerprint density at radius 3 is 2.56 bits per heavy atom. The molecule has 6 heteroatoms. The summed E-state index contributed by atoms with van der Waals surface area (Å²) >= 11 is 0. The Hall–Kier alpha value is -1.73. The SMILES string of the molecule is O[C@@H]1CN(Cc2ncc[nH]2)CC[C@H]1N1CCN(CCc2ccccc2)CC1. The number of aromatic amines is 1. The zero-order chi connectivity index (χ0) is 18.5. The third-order valence-corrected chi connectivity index (χ3v) is 5.99. The number of aliphatic hydroxyl groups excluding tert-OH is 1. The van der Waals surface area contributed by atoms with Crippen molar-refractivity contribution in [3.63, 3.8) is 0 Å². The Balaban J connectivity index is 1.20. The van der Waals surface area contributed by atoms with E-state index in [4.69, 9.17) is 0 Å². The molecule has 0 unspecified atom stereocenters. The molecule has 0 radical (unpaired) electrons. The summed E-state index contributed by atoms with van der Waals surface area (Å²) in [5.41, 5.74) is 1.42. The molecule has 2 aliphatic heterocycles. The average Bonchev–Trinajstić information content (AvgIpc) is 3.21. The molecule has 0 spiro atoms. The molecule has 3 heterocycles. The fourth-order valence-electron chi connectivity index (χ4n) is 4.40. The lowest BCUT2D eigenvalue weighted by Gasteiger charge is -2.45. The highest BCUT2D eigenvalue weighted by molar-refractivity contribution is 5.14. The molecule has 0 aliphatic carbocycles. The summed E-state index contributed by atoms with van der Waals surface area (Å²) < 4.78 is 0. The maximum Gasteiger partial charge on any atom is 0.120 e. The van der Waals surface area contributed by atoms with Gasteiger partial charge in [-0.2, -0.15) is 0 Å². The number of imidazole rings is 1. The minimum absolute atomic E-state index is 0.274. The van der Waals surface area contributed by atoms with Crippen LogP contribution < -0.4 is 0 Å². The van der Waals surface area contributed by atoms with Crippen LogP contribution in [0.4, 0.5) is 0 Å². The van der Waals surface area contributed by atoms with Crippen LogP contribution in [-0.4, -0.2) is 87.7 Å². The second kappa shape index (κ2) is 8.97. The van der Waals surface area contributed by atoms with Gasteiger partial charge in [-0.3, -0.25) is 9.80 Å². The number of hydrogen-bond acceptors (Lipinski definition) is 5. The molecule has 1 aromatic heterocycles. The largest absolute Gasteiger partial charge is 0.390 e. The van der Waals surface area contributed by atoms with Gasteiger partial charge in [0, 0.05) is 64.2 Å². The quantitative estimate of drug-likeness (QED) is 0.802. The van der Waals surface area contributed by atoms with Crippen molar-refractivity contribution in [3.05, 3.63) is 54.1 Å². The minimum atomic E-state index is -0.274. The van der Waals surface area contributed by atoms with Gasteiger partial charge in [0.2, 0.25) is 0 Å². The number of benzene rings is 1. The zero-order valence-electron chi connectivity index (χ0n) is 16.0. The number of piperidine rings is 1. The topological polar surface area (TPSA) is 58.6 Å². The van der Waals surface area contributed by atoms with E-state index in [2.05, 4.69) is 55.0 Å². The molecule has 2 aromatic rings. The predicted octanol–water partition coefficient (Wildman–Crippen LogP) is 1.21. The highest BCUT2D eigenvalue weighted by Crippen LogP contribution is 2.20. The first-order chi connectivity index (χ1) is 13.3. The molecule has 6 nitrogen and oxygen atoms in total. The Labute approximate surface area is 161 Å². The van der Waals surface area contributed by atoms with Gasteiger partial charge in [0.15, 0.2) is 0 Å². The molecule has 0 amide bonds. The van der Waals surface area contributed by atoms with E-state index in [0.29, 0.717) is 6.04 Å². The monoisotopic (exact) mass is 369 g/mol. The van der Waals surface area contributed by atoms with Gasteiger partial charge >= 0.3 is 0 Å². The molecule has 4 rings (SSSR count). The van der Waals surface area contributed by atoms with Crippen molar-refractivity contribution in [1.29, 1.82) is 0 Å². The Bertz CT molecular complexity index is 669. The highest BCUT2D eigenvalue weighted by atomic mass is 16.3. The van der Waals surface area contributed by atoms with Crippen molar-refractivity contribution in [2.75, 3.05) is 45.8 Å². The number of likely N-dealkylation sites (tertiary alicyclic amines) is 1. The van der Waals surface area contributed by atoms with E-state index < -0.39 is 0 Å². The number of nitrogens with one attached hydrogen (secondary N) is 1. The minimum Gasteiger partial charge on any atom is -0.390 e. The predicted molar refractivity (Wildman–Crippen MR) is 106 cm³/mol. The van der Waals surface area contributed by atoms with E-state index in [1.54, 1.807) is 6.20 Å². The number of hydrogen-bond donors (Lipinski definition) is 2. The second-order valence-electron chi connectivity index (χ2n) is 7.81. The van der Waals surface area contributed by atoms with Crippen molar-refractivity contribution in [2.45, 2.75) is 31.5 Å². The van der Waals surface area contributed by atoms with Gasteiger partial charge < -0.3 is 15.0 Å². The van der Waals surface area contributed by atoms with Gasteiger partial charge in [0.25, 0.3) is 0 Å². The van der Waals surface area contributed by atoms with Crippen molar-refractivity contribution in [2.24, 2.45) is 0 Å². The molecule has 0 bridgehead atoms. The fraction of sp³-hybridized carbons (Fsp3) is 0.571. The van der Waals surface area contributed by atoms with Crippen LogP contribution in [0.1, 0.15) is 17.8 Å². The van der Waals surface area contributed by atoms with Gasteiger partial charge in [-0.05, 0) is 18.4 Å².